The Morgan fingerprint density at radius 2 is 2.14 bits per heavy atom. The van der Waals surface area contributed by atoms with E-state index in [0.29, 0.717) is 6.61 Å². The normalized spacial score (nSPS) is 25.2. The summed E-state index contributed by atoms with van der Waals surface area (Å²) >= 11 is 0. The Morgan fingerprint density at radius 3 is 2.76 bits per heavy atom. The highest BCUT2D eigenvalue weighted by molar-refractivity contribution is 5.14. The van der Waals surface area contributed by atoms with Gasteiger partial charge in [-0.3, -0.25) is 4.90 Å². The molecule has 0 unspecified atom stereocenters. The summed E-state index contributed by atoms with van der Waals surface area (Å²) in [4.78, 5) is 2.32. The quantitative estimate of drug-likeness (QED) is 0.779. The van der Waals surface area contributed by atoms with Gasteiger partial charge in [0.15, 0.2) is 0 Å². The van der Waals surface area contributed by atoms with Gasteiger partial charge < -0.3 is 4.74 Å². The smallest absolute Gasteiger partial charge is 0.0870 e. The largest absolute Gasteiger partial charge is 0.371 e. The molecule has 21 heavy (non-hydrogen) atoms. The van der Waals surface area contributed by atoms with E-state index in [-0.39, 0.29) is 17.4 Å². The van der Waals surface area contributed by atoms with Crippen molar-refractivity contribution >= 4 is 0 Å². The second-order valence-corrected chi connectivity index (χ2v) is 6.41. The van der Waals surface area contributed by atoms with E-state index in [4.69, 9.17) is 4.74 Å². The summed E-state index contributed by atoms with van der Waals surface area (Å²) in [6.45, 7) is 11.2. The lowest BCUT2D eigenvalue weighted by molar-refractivity contribution is -0.0749. The molecule has 2 atom stereocenters. The van der Waals surface area contributed by atoms with Crippen molar-refractivity contribution in [3.63, 3.8) is 0 Å². The van der Waals surface area contributed by atoms with E-state index in [1.807, 2.05) is 24.3 Å². The first-order valence-corrected chi connectivity index (χ1v) is 7.45. The molecule has 1 fully saturated rings. The summed E-state index contributed by atoms with van der Waals surface area (Å²) in [5, 5.41) is 9.54. The van der Waals surface area contributed by atoms with E-state index < -0.39 is 0 Å². The third-order valence-electron chi connectivity index (χ3n) is 4.12. The van der Waals surface area contributed by atoms with Gasteiger partial charge in [-0.2, -0.15) is 5.26 Å². The number of piperidine rings is 1. The molecule has 3 nitrogen and oxygen atoms in total. The van der Waals surface area contributed by atoms with Gasteiger partial charge in [0.1, 0.15) is 0 Å². The summed E-state index contributed by atoms with van der Waals surface area (Å²) in [6, 6.07) is 12.6. The van der Waals surface area contributed by atoms with Gasteiger partial charge in [-0.05, 0) is 11.0 Å². The first kappa shape index (κ1) is 15.8. The van der Waals surface area contributed by atoms with Crippen molar-refractivity contribution in [3.05, 3.63) is 48.6 Å². The standard InChI is InChI=1S/C18H24N2O/c1-4-10-20-12-17(16(11-19)18(2,3)14-20)21-13-15-8-6-5-7-9-15/h4-9,16-17H,1,10,12-14H2,2-3H3/t16-,17-/m1/s1. The fourth-order valence-electron chi connectivity index (χ4n) is 3.11. The first-order valence-electron chi connectivity index (χ1n) is 7.45. The van der Waals surface area contributed by atoms with Gasteiger partial charge in [-0.1, -0.05) is 50.3 Å². The lowest BCUT2D eigenvalue weighted by Gasteiger charge is -2.45. The van der Waals surface area contributed by atoms with Crippen LogP contribution in [0.5, 0.6) is 0 Å². The number of hydrogen-bond acceptors (Lipinski definition) is 3. The fraction of sp³-hybridized carbons (Fsp3) is 0.500. The van der Waals surface area contributed by atoms with Crippen molar-refractivity contribution in [3.8, 4) is 6.07 Å². The van der Waals surface area contributed by atoms with Crippen LogP contribution in [0.1, 0.15) is 19.4 Å². The second kappa shape index (κ2) is 6.89. The number of nitriles is 1. The van der Waals surface area contributed by atoms with E-state index in [2.05, 4.69) is 43.5 Å². The molecule has 1 aromatic rings. The van der Waals surface area contributed by atoms with Crippen LogP contribution >= 0.6 is 0 Å². The highest BCUT2D eigenvalue weighted by Gasteiger charge is 2.42. The van der Waals surface area contributed by atoms with Gasteiger partial charge in [0, 0.05) is 19.6 Å². The summed E-state index contributed by atoms with van der Waals surface area (Å²) in [5.74, 6) is -0.0812. The summed E-state index contributed by atoms with van der Waals surface area (Å²) in [5.41, 5.74) is 1.07. The van der Waals surface area contributed by atoms with Gasteiger partial charge in [-0.25, -0.2) is 0 Å². The molecule has 0 bridgehead atoms. The Balaban J connectivity index is 2.06. The van der Waals surface area contributed by atoms with Crippen molar-refractivity contribution in [1.82, 2.24) is 4.90 Å². The molecule has 1 aromatic carbocycles. The molecule has 2 rings (SSSR count). The Hall–Kier alpha value is -1.63. The van der Waals surface area contributed by atoms with Crippen LogP contribution in [0.25, 0.3) is 0 Å². The van der Waals surface area contributed by atoms with Crippen LogP contribution in [0.15, 0.2) is 43.0 Å². The van der Waals surface area contributed by atoms with Gasteiger partial charge in [0.25, 0.3) is 0 Å². The van der Waals surface area contributed by atoms with Crippen molar-refractivity contribution in [2.45, 2.75) is 26.6 Å². The molecule has 1 saturated heterocycles. The Kier molecular flexibility index (Phi) is 5.17. The number of ether oxygens (including phenoxy) is 1. The van der Waals surface area contributed by atoms with Crippen LogP contribution in [-0.2, 0) is 11.3 Å². The molecule has 0 radical (unpaired) electrons. The molecule has 3 heteroatoms. The van der Waals surface area contributed by atoms with E-state index in [9.17, 15) is 5.26 Å². The average molecular weight is 284 g/mol. The molecule has 0 amide bonds. The van der Waals surface area contributed by atoms with Crippen LogP contribution in [0, 0.1) is 22.7 Å². The maximum absolute atomic E-state index is 9.54. The number of hydrogen-bond donors (Lipinski definition) is 0. The molecule has 112 valence electrons. The molecule has 1 heterocycles. The molecule has 0 saturated carbocycles. The number of likely N-dealkylation sites (tertiary alicyclic amines) is 1. The SMILES string of the molecule is C=CCN1C[C@@H](OCc2ccccc2)[C@@H](C#N)C(C)(C)C1. The third-order valence-corrected chi connectivity index (χ3v) is 4.12. The second-order valence-electron chi connectivity index (χ2n) is 6.41. The number of rotatable bonds is 5. The van der Waals surface area contributed by atoms with E-state index >= 15 is 0 Å². The minimum absolute atomic E-state index is 0.0566. The van der Waals surface area contributed by atoms with E-state index in [1.165, 1.54) is 0 Å². The lowest BCUT2D eigenvalue weighted by Crippen LogP contribution is -2.54. The van der Waals surface area contributed by atoms with Crippen LogP contribution in [-0.4, -0.2) is 30.6 Å². The highest BCUT2D eigenvalue weighted by Crippen LogP contribution is 2.36. The Bertz CT molecular complexity index is 504. The van der Waals surface area contributed by atoms with Gasteiger partial charge >= 0.3 is 0 Å². The molecular weight excluding hydrogens is 260 g/mol. The molecule has 0 aliphatic carbocycles. The predicted octanol–water partition coefficient (Wildman–Crippen LogP) is 3.24. The minimum atomic E-state index is -0.0812. The zero-order chi connectivity index (χ0) is 15.3. The monoisotopic (exact) mass is 284 g/mol. The summed E-state index contributed by atoms with van der Waals surface area (Å²) in [7, 11) is 0. The van der Waals surface area contributed by atoms with Crippen molar-refractivity contribution < 1.29 is 4.74 Å². The molecule has 0 aromatic heterocycles. The minimum Gasteiger partial charge on any atom is -0.371 e. The van der Waals surface area contributed by atoms with Crippen molar-refractivity contribution in [2.24, 2.45) is 11.3 Å². The van der Waals surface area contributed by atoms with Gasteiger partial charge in [-0.15, -0.1) is 6.58 Å². The highest BCUT2D eigenvalue weighted by atomic mass is 16.5. The molecule has 1 aliphatic rings. The Labute approximate surface area is 127 Å². The zero-order valence-corrected chi connectivity index (χ0v) is 13.0. The van der Waals surface area contributed by atoms with Crippen molar-refractivity contribution in [1.29, 1.82) is 5.26 Å². The first-order chi connectivity index (χ1) is 10.1. The fourth-order valence-corrected chi connectivity index (χ4v) is 3.11. The zero-order valence-electron chi connectivity index (χ0n) is 13.0. The third kappa shape index (κ3) is 3.93. The van der Waals surface area contributed by atoms with E-state index in [0.717, 1.165) is 25.2 Å². The van der Waals surface area contributed by atoms with Crippen LogP contribution < -0.4 is 0 Å². The van der Waals surface area contributed by atoms with E-state index in [1.54, 1.807) is 0 Å². The van der Waals surface area contributed by atoms with Crippen LogP contribution in [0.3, 0.4) is 0 Å². The number of benzene rings is 1. The maximum atomic E-state index is 9.54. The maximum Gasteiger partial charge on any atom is 0.0870 e. The molecule has 1 aliphatic heterocycles. The molecule has 0 spiro atoms. The topological polar surface area (TPSA) is 36.3 Å². The molecular formula is C18H24N2O. The predicted molar refractivity (Wildman–Crippen MR) is 84.5 cm³/mol. The lowest BCUT2D eigenvalue weighted by atomic mass is 9.73. The summed E-state index contributed by atoms with van der Waals surface area (Å²) < 4.78 is 6.09. The van der Waals surface area contributed by atoms with Gasteiger partial charge in [0.2, 0.25) is 0 Å². The van der Waals surface area contributed by atoms with Gasteiger partial charge in [0.05, 0.1) is 24.7 Å². The van der Waals surface area contributed by atoms with Crippen molar-refractivity contribution in [2.75, 3.05) is 19.6 Å². The van der Waals surface area contributed by atoms with Crippen LogP contribution in [0.2, 0.25) is 0 Å². The average Bonchev–Trinajstić information content (AvgIpc) is 2.45. The molecule has 0 N–H and O–H groups in total. The number of nitrogens with zero attached hydrogens (tertiary/aromatic N) is 2. The van der Waals surface area contributed by atoms with Crippen LogP contribution in [0.4, 0.5) is 0 Å². The Morgan fingerprint density at radius 1 is 1.43 bits per heavy atom. The summed E-state index contributed by atoms with van der Waals surface area (Å²) in [6.07, 6.45) is 1.86.